The molecule has 12 nitrogen and oxygen atoms in total. The van der Waals surface area contributed by atoms with Crippen molar-refractivity contribution in [2.75, 3.05) is 19.6 Å². The minimum absolute atomic E-state index is 0.0107. The van der Waals surface area contributed by atoms with E-state index in [9.17, 15) is 22.8 Å². The molecule has 2 aromatic heterocycles. The Bertz CT molecular complexity index is 1430. The first-order valence-corrected chi connectivity index (χ1v) is 13.8. The highest BCUT2D eigenvalue weighted by atomic mass is 32.2. The lowest BCUT2D eigenvalue weighted by Gasteiger charge is -2.35. The Morgan fingerprint density at radius 3 is 2.53 bits per heavy atom. The normalized spacial score (nSPS) is 16.4. The van der Waals surface area contributed by atoms with E-state index >= 15 is 0 Å². The molecule has 1 fully saturated rings. The summed E-state index contributed by atoms with van der Waals surface area (Å²) in [7, 11) is -2.11. The van der Waals surface area contributed by atoms with Crippen LogP contribution in [0.2, 0.25) is 0 Å². The molecule has 2 aliphatic rings. The number of sulfone groups is 1. The van der Waals surface area contributed by atoms with Gasteiger partial charge < -0.3 is 15.5 Å². The molecule has 1 saturated carbocycles. The first-order chi connectivity index (χ1) is 17.8. The van der Waals surface area contributed by atoms with Gasteiger partial charge >= 0.3 is 0 Å². The van der Waals surface area contributed by atoms with Crippen LogP contribution < -0.4 is 10.6 Å². The van der Waals surface area contributed by atoms with Crippen molar-refractivity contribution in [1.29, 1.82) is 5.26 Å². The molecule has 4 rings (SSSR count). The SMILES string of the molecule is CC(=O)NCC(C)(C)S(=O)(=O)C1(CN2CCc3c(C(=O)NCc4ccc(C#N)nc4)nn(C)c3C2=O)CC1. The van der Waals surface area contributed by atoms with Gasteiger partial charge in [-0.3, -0.25) is 19.1 Å². The molecule has 3 heterocycles. The topological polar surface area (TPSA) is 167 Å². The van der Waals surface area contributed by atoms with Crippen LogP contribution in [-0.2, 0) is 34.6 Å². The second-order valence-corrected chi connectivity index (χ2v) is 13.5. The highest BCUT2D eigenvalue weighted by molar-refractivity contribution is 7.94. The number of nitriles is 1. The largest absolute Gasteiger partial charge is 0.355 e. The number of carbonyl (C=O) groups is 3. The highest BCUT2D eigenvalue weighted by Gasteiger charge is 2.61. The zero-order chi connectivity index (χ0) is 27.9. The predicted octanol–water partition coefficient (Wildman–Crippen LogP) is 0.477. The summed E-state index contributed by atoms with van der Waals surface area (Å²) in [5, 5.41) is 18.5. The molecule has 202 valence electrons. The van der Waals surface area contributed by atoms with Gasteiger partial charge in [-0.15, -0.1) is 0 Å². The van der Waals surface area contributed by atoms with Crippen LogP contribution in [0.25, 0.3) is 0 Å². The van der Waals surface area contributed by atoms with Crippen molar-refractivity contribution >= 4 is 27.6 Å². The second kappa shape index (κ2) is 9.83. The zero-order valence-electron chi connectivity index (χ0n) is 21.9. The summed E-state index contributed by atoms with van der Waals surface area (Å²) in [4.78, 5) is 43.3. The molecule has 0 bridgehead atoms. The van der Waals surface area contributed by atoms with Gasteiger partial charge in [0.1, 0.15) is 17.5 Å². The molecule has 38 heavy (non-hydrogen) atoms. The first-order valence-electron chi connectivity index (χ1n) is 12.3. The van der Waals surface area contributed by atoms with Gasteiger partial charge in [-0.25, -0.2) is 13.4 Å². The van der Waals surface area contributed by atoms with Crippen LogP contribution in [0, 0.1) is 11.3 Å². The molecule has 0 aromatic carbocycles. The molecular weight excluding hydrogens is 510 g/mol. The maximum Gasteiger partial charge on any atom is 0.272 e. The number of nitrogens with zero attached hydrogens (tertiary/aromatic N) is 5. The molecule has 3 amide bonds. The number of fused-ring (bicyclic) bond motifs is 1. The van der Waals surface area contributed by atoms with E-state index in [1.54, 1.807) is 33.0 Å². The van der Waals surface area contributed by atoms with E-state index in [1.807, 2.05) is 6.07 Å². The quantitative estimate of drug-likeness (QED) is 0.462. The number of hydrogen-bond acceptors (Lipinski definition) is 8. The fourth-order valence-electron chi connectivity index (χ4n) is 4.78. The molecule has 1 aliphatic carbocycles. The van der Waals surface area contributed by atoms with Gasteiger partial charge in [-0.1, -0.05) is 6.07 Å². The van der Waals surface area contributed by atoms with Gasteiger partial charge in [0, 0.05) is 51.9 Å². The monoisotopic (exact) mass is 541 g/mol. The molecule has 0 spiro atoms. The predicted molar refractivity (Wildman–Crippen MR) is 137 cm³/mol. The van der Waals surface area contributed by atoms with E-state index in [2.05, 4.69) is 20.7 Å². The lowest BCUT2D eigenvalue weighted by Crippen LogP contribution is -2.53. The standard InChI is InChI=1S/C25H31N7O5S/c1-16(33)29-14-24(2,3)38(36,37)25(8-9-25)15-32-10-7-19-20(30-31(4)21(19)23(32)35)22(34)28-13-17-5-6-18(11-26)27-12-17/h5-6,12H,7-10,13-15H2,1-4H3,(H,28,34)(H,29,33). The fourth-order valence-corrected chi connectivity index (χ4v) is 7.18. The molecule has 0 saturated heterocycles. The molecule has 2 aromatic rings. The third kappa shape index (κ3) is 4.88. The minimum atomic E-state index is -3.70. The van der Waals surface area contributed by atoms with E-state index in [4.69, 9.17) is 5.26 Å². The van der Waals surface area contributed by atoms with Crippen molar-refractivity contribution in [2.24, 2.45) is 7.05 Å². The van der Waals surface area contributed by atoms with Crippen LogP contribution in [0.4, 0.5) is 0 Å². The number of hydrogen-bond donors (Lipinski definition) is 2. The third-order valence-electron chi connectivity index (χ3n) is 7.22. The number of aryl methyl sites for hydroxylation is 1. The summed E-state index contributed by atoms with van der Waals surface area (Å²) >= 11 is 0. The molecule has 2 N–H and O–H groups in total. The summed E-state index contributed by atoms with van der Waals surface area (Å²) in [6.45, 7) is 5.01. The van der Waals surface area contributed by atoms with E-state index in [0.717, 1.165) is 0 Å². The van der Waals surface area contributed by atoms with Crippen LogP contribution in [0.5, 0.6) is 0 Å². The molecular formula is C25H31N7O5S. The lowest BCUT2D eigenvalue weighted by atomic mass is 10.0. The van der Waals surface area contributed by atoms with Crippen LogP contribution in [0.15, 0.2) is 18.3 Å². The number of rotatable bonds is 9. The average Bonchev–Trinajstić information content (AvgIpc) is 3.59. The van der Waals surface area contributed by atoms with E-state index in [0.29, 0.717) is 30.4 Å². The Hall–Kier alpha value is -3.79. The van der Waals surface area contributed by atoms with Crippen LogP contribution in [0.3, 0.4) is 0 Å². The van der Waals surface area contributed by atoms with E-state index in [1.165, 1.54) is 22.7 Å². The van der Waals surface area contributed by atoms with Crippen molar-refractivity contribution in [3.05, 3.63) is 46.5 Å². The van der Waals surface area contributed by atoms with Crippen LogP contribution >= 0.6 is 0 Å². The smallest absolute Gasteiger partial charge is 0.272 e. The maximum absolute atomic E-state index is 13.6. The molecule has 0 atom stereocenters. The van der Waals surface area contributed by atoms with E-state index in [-0.39, 0.29) is 55.1 Å². The average molecular weight is 542 g/mol. The van der Waals surface area contributed by atoms with Gasteiger partial charge in [0.05, 0.1) is 9.49 Å². The number of nitrogens with one attached hydrogen (secondary N) is 2. The number of aromatic nitrogens is 3. The highest BCUT2D eigenvalue weighted by Crippen LogP contribution is 2.49. The van der Waals surface area contributed by atoms with Gasteiger partial charge in [0.2, 0.25) is 5.91 Å². The summed E-state index contributed by atoms with van der Waals surface area (Å²) in [5.41, 5.74) is 1.94. The molecule has 0 radical (unpaired) electrons. The summed E-state index contributed by atoms with van der Waals surface area (Å²) in [5.74, 6) is -1.10. The maximum atomic E-state index is 13.6. The van der Waals surface area contributed by atoms with Gasteiger partial charge in [0.15, 0.2) is 15.5 Å². The Morgan fingerprint density at radius 1 is 1.24 bits per heavy atom. The van der Waals surface area contributed by atoms with Gasteiger partial charge in [-0.2, -0.15) is 10.4 Å². The Morgan fingerprint density at radius 2 is 1.95 bits per heavy atom. The summed E-state index contributed by atoms with van der Waals surface area (Å²) < 4.78 is 26.3. The summed E-state index contributed by atoms with van der Waals surface area (Å²) in [6.07, 6.45) is 2.76. The van der Waals surface area contributed by atoms with Crippen molar-refractivity contribution in [2.45, 2.75) is 56.1 Å². The minimum Gasteiger partial charge on any atom is -0.355 e. The van der Waals surface area contributed by atoms with Crippen molar-refractivity contribution in [3.8, 4) is 6.07 Å². The zero-order valence-corrected chi connectivity index (χ0v) is 22.7. The van der Waals surface area contributed by atoms with Crippen LogP contribution in [0.1, 0.15) is 71.4 Å². The third-order valence-corrected chi connectivity index (χ3v) is 10.5. The Balaban J connectivity index is 1.48. The summed E-state index contributed by atoms with van der Waals surface area (Å²) in [6, 6.07) is 5.19. The number of carbonyl (C=O) groups excluding carboxylic acids is 3. The van der Waals surface area contributed by atoms with Gasteiger partial charge in [0.25, 0.3) is 11.8 Å². The molecule has 13 heteroatoms. The second-order valence-electron chi connectivity index (χ2n) is 10.5. The lowest BCUT2D eigenvalue weighted by molar-refractivity contribution is -0.119. The van der Waals surface area contributed by atoms with Crippen molar-refractivity contribution in [3.63, 3.8) is 0 Å². The Labute approximate surface area is 221 Å². The molecule has 1 aliphatic heterocycles. The van der Waals surface area contributed by atoms with Crippen LogP contribution in [-0.4, -0.2) is 74.9 Å². The number of amides is 3. The van der Waals surface area contributed by atoms with Crippen molar-refractivity contribution in [1.82, 2.24) is 30.3 Å². The van der Waals surface area contributed by atoms with Crippen molar-refractivity contribution < 1.29 is 22.8 Å². The fraction of sp³-hybridized carbons (Fsp3) is 0.520. The first kappa shape index (κ1) is 27.3. The van der Waals surface area contributed by atoms with E-state index < -0.39 is 25.2 Å². The Kier molecular flexibility index (Phi) is 7.05. The molecule has 0 unspecified atom stereocenters. The van der Waals surface area contributed by atoms with Gasteiger partial charge in [-0.05, 0) is 44.7 Å². The number of pyridine rings is 1.